The average Bonchev–Trinajstić information content (AvgIpc) is 2.62. The van der Waals surface area contributed by atoms with Gasteiger partial charge in [0.2, 0.25) is 5.82 Å². The third-order valence-electron chi connectivity index (χ3n) is 1.81. The normalized spacial score (nSPS) is 10.5. The number of carboxylic acids is 2. The molecule has 0 saturated carbocycles. The molecule has 82 valence electrons. The zero-order chi connectivity index (χ0) is 11.9. The van der Waals surface area contributed by atoms with Gasteiger partial charge in [0.15, 0.2) is 0 Å². The van der Waals surface area contributed by atoms with E-state index < -0.39 is 11.9 Å². The van der Waals surface area contributed by atoms with E-state index in [0.29, 0.717) is 0 Å². The largest absolute Gasteiger partial charge is 0.478 e. The summed E-state index contributed by atoms with van der Waals surface area (Å²) in [7, 11) is 0. The van der Waals surface area contributed by atoms with Crippen LogP contribution in [-0.2, 0) is 0 Å². The van der Waals surface area contributed by atoms with E-state index in [0.717, 1.165) is 10.7 Å². The third kappa shape index (κ3) is 1.42. The number of hydrogen-bond acceptors (Lipinski definition) is 5. The number of hydrogen-bond donors (Lipinski definition) is 3. The molecule has 16 heavy (non-hydrogen) atoms. The number of rotatable bonds is 2. The van der Waals surface area contributed by atoms with Gasteiger partial charge in [-0.2, -0.15) is 4.98 Å². The van der Waals surface area contributed by atoms with Crippen molar-refractivity contribution in [2.45, 2.75) is 0 Å². The monoisotopic (exact) mass is 240 g/mol. The van der Waals surface area contributed by atoms with Crippen molar-refractivity contribution in [3.05, 3.63) is 22.2 Å². The summed E-state index contributed by atoms with van der Waals surface area (Å²) in [4.78, 5) is 28.6. The molecule has 0 aliphatic carbocycles. The first-order valence-electron chi connectivity index (χ1n) is 3.95. The van der Waals surface area contributed by atoms with Crippen molar-refractivity contribution < 1.29 is 19.8 Å². The number of carboxylic acid groups (broad SMARTS) is 2. The van der Waals surface area contributed by atoms with Crippen LogP contribution in [-0.4, -0.2) is 41.7 Å². The highest BCUT2D eigenvalue weighted by Crippen LogP contribution is 2.05. The van der Waals surface area contributed by atoms with Crippen LogP contribution in [0, 0.1) is 4.64 Å². The Kier molecular flexibility index (Phi) is 2.16. The van der Waals surface area contributed by atoms with Crippen molar-refractivity contribution in [3.8, 4) is 0 Å². The van der Waals surface area contributed by atoms with E-state index in [9.17, 15) is 9.59 Å². The van der Waals surface area contributed by atoms with Crippen molar-refractivity contribution in [1.29, 1.82) is 0 Å². The Morgan fingerprint density at radius 1 is 1.38 bits per heavy atom. The highest BCUT2D eigenvalue weighted by Gasteiger charge is 2.14. The highest BCUT2D eigenvalue weighted by atomic mass is 32.1. The zero-order valence-corrected chi connectivity index (χ0v) is 8.35. The molecule has 0 saturated heterocycles. The predicted octanol–water partition coefficient (Wildman–Crippen LogP) is 0.183. The van der Waals surface area contributed by atoms with Crippen molar-refractivity contribution >= 4 is 29.9 Å². The van der Waals surface area contributed by atoms with Gasteiger partial charge in [0.05, 0.1) is 0 Å². The molecule has 0 aliphatic heterocycles. The van der Waals surface area contributed by atoms with Gasteiger partial charge < -0.3 is 10.2 Å². The van der Waals surface area contributed by atoms with Gasteiger partial charge in [-0.3, -0.25) is 5.10 Å². The number of nitrogens with one attached hydrogen (secondary N) is 1. The lowest BCUT2D eigenvalue weighted by atomic mass is 10.3. The summed E-state index contributed by atoms with van der Waals surface area (Å²) in [5.74, 6) is -2.87. The van der Waals surface area contributed by atoms with E-state index in [4.69, 9.17) is 22.4 Å². The molecule has 0 amide bonds. The molecule has 2 aromatic rings. The molecule has 0 unspecified atom stereocenters. The van der Waals surface area contributed by atoms with Gasteiger partial charge in [-0.25, -0.2) is 19.1 Å². The van der Waals surface area contributed by atoms with Crippen LogP contribution in [0.15, 0.2) is 6.20 Å². The maximum atomic E-state index is 10.7. The summed E-state index contributed by atoms with van der Waals surface area (Å²) >= 11 is 4.85. The maximum Gasteiger partial charge on any atom is 0.373 e. The summed E-state index contributed by atoms with van der Waals surface area (Å²) in [6.45, 7) is 0. The van der Waals surface area contributed by atoms with Crippen LogP contribution in [0.1, 0.15) is 21.0 Å². The summed E-state index contributed by atoms with van der Waals surface area (Å²) in [6.07, 6.45) is 1.03. The second-order valence-corrected chi connectivity index (χ2v) is 3.18. The van der Waals surface area contributed by atoms with Gasteiger partial charge in [-0.1, -0.05) is 12.2 Å². The van der Waals surface area contributed by atoms with E-state index in [1.807, 2.05) is 0 Å². The number of H-pyrrole nitrogens is 1. The van der Waals surface area contributed by atoms with Crippen LogP contribution < -0.4 is 0 Å². The quantitative estimate of drug-likeness (QED) is 0.640. The first-order valence-corrected chi connectivity index (χ1v) is 4.36. The summed E-state index contributed by atoms with van der Waals surface area (Å²) in [5, 5.41) is 19.8. The second-order valence-electron chi connectivity index (χ2n) is 2.79. The van der Waals surface area contributed by atoms with Gasteiger partial charge in [0, 0.05) is 6.20 Å². The van der Waals surface area contributed by atoms with Crippen LogP contribution in [0.2, 0.25) is 0 Å². The SMILES string of the molecule is O=C(O)c1nc2ncc(C(=O)O)c(=S)n2[nH]1. The van der Waals surface area contributed by atoms with Crippen LogP contribution in [0.5, 0.6) is 0 Å². The van der Waals surface area contributed by atoms with Crippen molar-refractivity contribution in [1.82, 2.24) is 19.6 Å². The van der Waals surface area contributed by atoms with Gasteiger partial charge >= 0.3 is 11.9 Å². The lowest BCUT2D eigenvalue weighted by molar-refractivity contribution is 0.0679. The lowest BCUT2D eigenvalue weighted by Crippen LogP contribution is -2.04. The Balaban J connectivity index is 2.80. The van der Waals surface area contributed by atoms with Crippen LogP contribution in [0.3, 0.4) is 0 Å². The summed E-state index contributed by atoms with van der Waals surface area (Å²) < 4.78 is 0.944. The minimum absolute atomic E-state index is 0.00685. The molecule has 0 aromatic carbocycles. The Morgan fingerprint density at radius 2 is 2.06 bits per heavy atom. The van der Waals surface area contributed by atoms with Gasteiger partial charge in [-0.05, 0) is 0 Å². The lowest BCUT2D eigenvalue weighted by Gasteiger charge is -1.95. The standard InChI is InChI=1S/C7H4N4O4S/c12-5(13)2-1-8-7-9-3(6(14)15)10-11(7)4(2)16/h1H,(H,12,13)(H,14,15)(H,8,9,10). The van der Waals surface area contributed by atoms with Crippen molar-refractivity contribution in [3.63, 3.8) is 0 Å². The van der Waals surface area contributed by atoms with Crippen LogP contribution in [0.4, 0.5) is 0 Å². The molecule has 2 aromatic heterocycles. The number of fused-ring (bicyclic) bond motifs is 1. The smallest absolute Gasteiger partial charge is 0.373 e. The third-order valence-corrected chi connectivity index (χ3v) is 2.21. The Bertz CT molecular complexity index is 658. The molecule has 8 nitrogen and oxygen atoms in total. The van der Waals surface area contributed by atoms with Gasteiger partial charge in [0.1, 0.15) is 10.2 Å². The fourth-order valence-electron chi connectivity index (χ4n) is 1.10. The number of carbonyl (C=O) groups is 2. The summed E-state index contributed by atoms with van der Waals surface area (Å²) in [6, 6.07) is 0. The van der Waals surface area contributed by atoms with E-state index in [-0.39, 0.29) is 21.8 Å². The fraction of sp³-hybridized carbons (Fsp3) is 0. The average molecular weight is 240 g/mol. The second kappa shape index (κ2) is 3.38. The van der Waals surface area contributed by atoms with Crippen molar-refractivity contribution in [2.24, 2.45) is 0 Å². The number of aromatic amines is 1. The van der Waals surface area contributed by atoms with Gasteiger partial charge in [0.25, 0.3) is 5.78 Å². The Hall–Kier alpha value is -2.29. The molecule has 0 spiro atoms. The minimum atomic E-state index is -1.28. The maximum absolute atomic E-state index is 10.7. The van der Waals surface area contributed by atoms with E-state index >= 15 is 0 Å². The van der Waals surface area contributed by atoms with Crippen LogP contribution >= 0.6 is 12.2 Å². The van der Waals surface area contributed by atoms with Crippen LogP contribution in [0.25, 0.3) is 5.78 Å². The topological polar surface area (TPSA) is 121 Å². The molecule has 3 N–H and O–H groups in total. The molecule has 0 aliphatic rings. The number of aromatic carboxylic acids is 2. The highest BCUT2D eigenvalue weighted by molar-refractivity contribution is 7.71. The minimum Gasteiger partial charge on any atom is -0.478 e. The number of aromatic nitrogens is 4. The molecule has 0 atom stereocenters. The summed E-state index contributed by atoms with van der Waals surface area (Å²) in [5.41, 5.74) is -0.201. The van der Waals surface area contributed by atoms with Gasteiger partial charge in [-0.15, -0.1) is 0 Å². The first kappa shape index (κ1) is 10.2. The zero-order valence-electron chi connectivity index (χ0n) is 7.54. The van der Waals surface area contributed by atoms with E-state index in [2.05, 4.69) is 15.1 Å². The molecule has 9 heteroatoms. The molecule has 2 heterocycles. The molecule has 0 radical (unpaired) electrons. The molecular weight excluding hydrogens is 236 g/mol. The van der Waals surface area contributed by atoms with E-state index in [1.165, 1.54) is 0 Å². The fourth-order valence-corrected chi connectivity index (χ4v) is 1.37. The number of nitrogens with zero attached hydrogens (tertiary/aromatic N) is 3. The van der Waals surface area contributed by atoms with E-state index in [1.54, 1.807) is 0 Å². The Morgan fingerprint density at radius 3 is 2.62 bits per heavy atom. The first-order chi connectivity index (χ1) is 7.50. The molecular formula is C7H4N4O4S. The predicted molar refractivity (Wildman–Crippen MR) is 52.1 cm³/mol. The molecule has 0 bridgehead atoms. The van der Waals surface area contributed by atoms with Crippen molar-refractivity contribution in [2.75, 3.05) is 0 Å². The Labute approximate surface area is 92.2 Å². The molecule has 2 rings (SSSR count). The molecule has 0 fully saturated rings.